The molecule has 20 heavy (non-hydrogen) atoms. The van der Waals surface area contributed by atoms with Gasteiger partial charge in [0.15, 0.2) is 0 Å². The molecule has 4 heteroatoms. The van der Waals surface area contributed by atoms with E-state index in [9.17, 15) is 0 Å². The molecule has 0 aliphatic carbocycles. The van der Waals surface area contributed by atoms with Crippen molar-refractivity contribution in [2.45, 2.75) is 45.6 Å². The SMILES string of the molecule is CCCNC(Cc1ccc(C(C)C)cc1)c1cn[nH]n1. The summed E-state index contributed by atoms with van der Waals surface area (Å²) in [4.78, 5) is 0. The van der Waals surface area contributed by atoms with Gasteiger partial charge in [-0.2, -0.15) is 15.4 Å². The van der Waals surface area contributed by atoms with E-state index in [0.717, 1.165) is 25.1 Å². The van der Waals surface area contributed by atoms with Gasteiger partial charge in [-0.3, -0.25) is 0 Å². The minimum atomic E-state index is 0.221. The molecule has 0 saturated carbocycles. The van der Waals surface area contributed by atoms with E-state index in [1.165, 1.54) is 11.1 Å². The van der Waals surface area contributed by atoms with Crippen LogP contribution in [0.4, 0.5) is 0 Å². The predicted octanol–water partition coefficient (Wildman–Crippen LogP) is 3.21. The summed E-state index contributed by atoms with van der Waals surface area (Å²) in [5, 5.41) is 14.4. The highest BCUT2D eigenvalue weighted by Crippen LogP contribution is 2.19. The van der Waals surface area contributed by atoms with Gasteiger partial charge in [-0.05, 0) is 36.4 Å². The first kappa shape index (κ1) is 14.7. The first-order chi connectivity index (χ1) is 9.70. The van der Waals surface area contributed by atoms with Gasteiger partial charge in [0, 0.05) is 0 Å². The maximum Gasteiger partial charge on any atom is 0.0997 e. The summed E-state index contributed by atoms with van der Waals surface area (Å²) in [6.45, 7) is 7.60. The number of hydrogen-bond donors (Lipinski definition) is 2. The summed E-state index contributed by atoms with van der Waals surface area (Å²) in [5.41, 5.74) is 3.69. The largest absolute Gasteiger partial charge is 0.308 e. The molecule has 0 bridgehead atoms. The van der Waals surface area contributed by atoms with Crippen LogP contribution in [-0.4, -0.2) is 22.0 Å². The van der Waals surface area contributed by atoms with E-state index in [4.69, 9.17) is 0 Å². The lowest BCUT2D eigenvalue weighted by Crippen LogP contribution is -2.24. The topological polar surface area (TPSA) is 53.6 Å². The first-order valence-corrected chi connectivity index (χ1v) is 7.38. The molecule has 1 aromatic heterocycles. The molecular weight excluding hydrogens is 248 g/mol. The summed E-state index contributed by atoms with van der Waals surface area (Å²) in [6, 6.07) is 9.10. The van der Waals surface area contributed by atoms with Crippen molar-refractivity contribution < 1.29 is 0 Å². The Kier molecular flexibility index (Phi) is 5.30. The van der Waals surface area contributed by atoms with Gasteiger partial charge in [0.2, 0.25) is 0 Å². The van der Waals surface area contributed by atoms with E-state index >= 15 is 0 Å². The summed E-state index contributed by atoms with van der Waals surface area (Å²) >= 11 is 0. The van der Waals surface area contributed by atoms with Crippen molar-refractivity contribution in [1.29, 1.82) is 0 Å². The Labute approximate surface area is 121 Å². The Balaban J connectivity index is 2.07. The second-order valence-electron chi connectivity index (χ2n) is 5.50. The Morgan fingerprint density at radius 1 is 1.20 bits per heavy atom. The monoisotopic (exact) mass is 272 g/mol. The average molecular weight is 272 g/mol. The predicted molar refractivity (Wildman–Crippen MR) is 81.7 cm³/mol. The molecule has 1 aromatic carbocycles. The second-order valence-corrected chi connectivity index (χ2v) is 5.50. The van der Waals surface area contributed by atoms with E-state index in [2.05, 4.69) is 65.8 Å². The minimum absolute atomic E-state index is 0.221. The van der Waals surface area contributed by atoms with Crippen molar-refractivity contribution in [3.8, 4) is 0 Å². The number of rotatable bonds is 7. The van der Waals surface area contributed by atoms with Crippen molar-refractivity contribution >= 4 is 0 Å². The molecule has 2 N–H and O–H groups in total. The summed E-state index contributed by atoms with van der Waals surface area (Å²) in [6.07, 6.45) is 3.85. The number of nitrogens with zero attached hydrogens (tertiary/aromatic N) is 2. The van der Waals surface area contributed by atoms with Crippen molar-refractivity contribution in [2.24, 2.45) is 0 Å². The molecule has 2 aromatic rings. The highest BCUT2D eigenvalue weighted by molar-refractivity contribution is 5.26. The number of H-pyrrole nitrogens is 1. The standard InChI is InChI=1S/C16H24N4/c1-4-9-17-15(16-11-18-20-19-16)10-13-5-7-14(8-6-13)12(2)3/h5-8,11-12,15,17H,4,9-10H2,1-3H3,(H,18,19,20). The molecule has 4 nitrogen and oxygen atoms in total. The molecule has 108 valence electrons. The molecule has 0 aliphatic heterocycles. The van der Waals surface area contributed by atoms with E-state index in [0.29, 0.717) is 5.92 Å². The molecule has 0 radical (unpaired) electrons. The molecule has 0 fully saturated rings. The highest BCUT2D eigenvalue weighted by Gasteiger charge is 2.14. The van der Waals surface area contributed by atoms with Gasteiger partial charge >= 0.3 is 0 Å². The van der Waals surface area contributed by atoms with Crippen LogP contribution in [0.2, 0.25) is 0 Å². The first-order valence-electron chi connectivity index (χ1n) is 7.38. The van der Waals surface area contributed by atoms with Crippen LogP contribution in [0.1, 0.15) is 56.0 Å². The van der Waals surface area contributed by atoms with Crippen LogP contribution in [0.5, 0.6) is 0 Å². The smallest absolute Gasteiger partial charge is 0.0997 e. The third-order valence-corrected chi connectivity index (χ3v) is 3.52. The van der Waals surface area contributed by atoms with Crippen LogP contribution in [0.25, 0.3) is 0 Å². The van der Waals surface area contributed by atoms with Crippen molar-refractivity contribution in [3.63, 3.8) is 0 Å². The lowest BCUT2D eigenvalue weighted by atomic mass is 9.98. The Morgan fingerprint density at radius 2 is 1.95 bits per heavy atom. The zero-order valence-electron chi connectivity index (χ0n) is 12.6. The van der Waals surface area contributed by atoms with Crippen LogP contribution < -0.4 is 5.32 Å². The average Bonchev–Trinajstić information content (AvgIpc) is 2.98. The van der Waals surface area contributed by atoms with E-state index in [1.807, 2.05) is 0 Å². The molecule has 1 heterocycles. The minimum Gasteiger partial charge on any atom is -0.308 e. The molecular formula is C16H24N4. The maximum atomic E-state index is 4.21. The highest BCUT2D eigenvalue weighted by atomic mass is 15.3. The third kappa shape index (κ3) is 3.90. The molecule has 0 aliphatic rings. The van der Waals surface area contributed by atoms with Gasteiger partial charge in [-0.25, -0.2) is 0 Å². The number of aromatic amines is 1. The lowest BCUT2D eigenvalue weighted by molar-refractivity contribution is 0.517. The number of aromatic nitrogens is 3. The summed E-state index contributed by atoms with van der Waals surface area (Å²) < 4.78 is 0. The fourth-order valence-electron chi connectivity index (χ4n) is 2.25. The maximum absolute atomic E-state index is 4.21. The second kappa shape index (κ2) is 7.20. The van der Waals surface area contributed by atoms with E-state index in [1.54, 1.807) is 6.20 Å². The fourth-order valence-corrected chi connectivity index (χ4v) is 2.25. The van der Waals surface area contributed by atoms with E-state index < -0.39 is 0 Å². The third-order valence-electron chi connectivity index (χ3n) is 3.52. The van der Waals surface area contributed by atoms with Crippen molar-refractivity contribution in [3.05, 3.63) is 47.3 Å². The van der Waals surface area contributed by atoms with Gasteiger partial charge in [-0.15, -0.1) is 0 Å². The molecule has 1 unspecified atom stereocenters. The van der Waals surface area contributed by atoms with Gasteiger partial charge in [-0.1, -0.05) is 45.0 Å². The van der Waals surface area contributed by atoms with E-state index in [-0.39, 0.29) is 6.04 Å². The molecule has 2 rings (SSSR count). The molecule has 0 saturated heterocycles. The zero-order chi connectivity index (χ0) is 14.4. The normalized spacial score (nSPS) is 12.8. The van der Waals surface area contributed by atoms with Gasteiger partial charge in [0.25, 0.3) is 0 Å². The van der Waals surface area contributed by atoms with Crippen molar-refractivity contribution in [2.75, 3.05) is 6.54 Å². The van der Waals surface area contributed by atoms with Crippen LogP contribution in [0.3, 0.4) is 0 Å². The number of nitrogens with one attached hydrogen (secondary N) is 2. The molecule has 0 spiro atoms. The van der Waals surface area contributed by atoms with Crippen molar-refractivity contribution in [1.82, 2.24) is 20.7 Å². The lowest BCUT2D eigenvalue weighted by Gasteiger charge is -2.16. The summed E-state index contributed by atoms with van der Waals surface area (Å²) in [7, 11) is 0. The fraction of sp³-hybridized carbons (Fsp3) is 0.500. The van der Waals surface area contributed by atoms with Crippen LogP contribution in [0.15, 0.2) is 30.5 Å². The van der Waals surface area contributed by atoms with Crippen LogP contribution >= 0.6 is 0 Å². The molecule has 0 amide bonds. The Morgan fingerprint density at radius 3 is 2.50 bits per heavy atom. The summed E-state index contributed by atoms with van der Waals surface area (Å²) in [5.74, 6) is 0.577. The zero-order valence-corrected chi connectivity index (χ0v) is 12.6. The Hall–Kier alpha value is -1.68. The van der Waals surface area contributed by atoms with Gasteiger partial charge in [0.1, 0.15) is 0 Å². The van der Waals surface area contributed by atoms with Crippen LogP contribution in [-0.2, 0) is 6.42 Å². The van der Waals surface area contributed by atoms with Gasteiger partial charge < -0.3 is 5.32 Å². The van der Waals surface area contributed by atoms with Crippen LogP contribution in [0, 0.1) is 0 Å². The number of benzene rings is 1. The quantitative estimate of drug-likeness (QED) is 0.813. The Bertz CT molecular complexity index is 488. The van der Waals surface area contributed by atoms with Gasteiger partial charge in [0.05, 0.1) is 17.9 Å². The molecule has 1 atom stereocenters. The number of hydrogen-bond acceptors (Lipinski definition) is 3.